The van der Waals surface area contributed by atoms with Gasteiger partial charge in [0.15, 0.2) is 0 Å². The van der Waals surface area contributed by atoms with Gasteiger partial charge in [0.05, 0.1) is 0 Å². The third-order valence-electron chi connectivity index (χ3n) is 6.18. The van der Waals surface area contributed by atoms with E-state index in [1.54, 1.807) is 0 Å². The van der Waals surface area contributed by atoms with E-state index in [2.05, 4.69) is 96.0 Å². The van der Waals surface area contributed by atoms with Crippen molar-refractivity contribution in [3.63, 3.8) is 0 Å². The van der Waals surface area contributed by atoms with Crippen molar-refractivity contribution >= 4 is 11.4 Å². The molecule has 0 bridgehead atoms. The van der Waals surface area contributed by atoms with Crippen LogP contribution in [0.3, 0.4) is 0 Å². The lowest BCUT2D eigenvalue weighted by molar-refractivity contribution is 0.304. The Morgan fingerprint density at radius 2 is 1.39 bits per heavy atom. The first kappa shape index (κ1) is 16.1. The average Bonchev–Trinajstić information content (AvgIpc) is 2.56. The lowest BCUT2D eigenvalue weighted by Gasteiger charge is -2.43. The predicted octanol–water partition coefficient (Wildman–Crippen LogP) is 6.15. The fourth-order valence-electron chi connectivity index (χ4n) is 4.07. The normalized spacial score (nSPS) is 18.3. The van der Waals surface area contributed by atoms with Gasteiger partial charge in [-0.15, -0.1) is 0 Å². The Bertz CT molecular complexity index is 737. The predicted molar refractivity (Wildman–Crippen MR) is 101 cm³/mol. The highest BCUT2D eigenvalue weighted by molar-refractivity contribution is 5.75. The SMILES string of the molecule is CC(C)c1cccc2c1C(C)(C)C(C)(C)c1ccccc1N2C. The number of para-hydroxylation sites is 1. The van der Waals surface area contributed by atoms with Crippen LogP contribution in [-0.2, 0) is 10.8 Å². The van der Waals surface area contributed by atoms with Gasteiger partial charge in [0.25, 0.3) is 0 Å². The standard InChI is InChI=1S/C22H29N/c1-15(2)16-11-10-14-19-20(16)22(5,6)21(3,4)17-12-8-9-13-18(17)23(19)7/h8-15H,1-7H3. The molecule has 23 heavy (non-hydrogen) atoms. The smallest absolute Gasteiger partial charge is 0.0449 e. The number of hydrogen-bond acceptors (Lipinski definition) is 1. The highest BCUT2D eigenvalue weighted by atomic mass is 15.1. The monoisotopic (exact) mass is 307 g/mol. The van der Waals surface area contributed by atoms with E-state index < -0.39 is 0 Å². The molecule has 122 valence electrons. The summed E-state index contributed by atoms with van der Waals surface area (Å²) in [5.74, 6) is 0.523. The minimum absolute atomic E-state index is 0.0457. The summed E-state index contributed by atoms with van der Waals surface area (Å²) in [4.78, 5) is 2.38. The van der Waals surface area contributed by atoms with Crippen LogP contribution >= 0.6 is 0 Å². The maximum absolute atomic E-state index is 2.41. The van der Waals surface area contributed by atoms with E-state index in [9.17, 15) is 0 Å². The fraction of sp³-hybridized carbons (Fsp3) is 0.455. The molecule has 2 aromatic carbocycles. The van der Waals surface area contributed by atoms with E-state index in [1.807, 2.05) is 0 Å². The number of hydrogen-bond donors (Lipinski definition) is 0. The second kappa shape index (κ2) is 5.12. The molecule has 0 fully saturated rings. The Hall–Kier alpha value is -1.76. The largest absolute Gasteiger partial charge is 0.344 e. The van der Waals surface area contributed by atoms with Crippen molar-refractivity contribution in [2.75, 3.05) is 11.9 Å². The Morgan fingerprint density at radius 3 is 2.04 bits per heavy atom. The number of anilines is 2. The summed E-state index contributed by atoms with van der Waals surface area (Å²) in [7, 11) is 2.21. The van der Waals surface area contributed by atoms with Crippen molar-refractivity contribution in [2.45, 2.75) is 58.3 Å². The van der Waals surface area contributed by atoms with Gasteiger partial charge in [0.2, 0.25) is 0 Å². The molecule has 1 aliphatic heterocycles. The molecular weight excluding hydrogens is 278 g/mol. The van der Waals surface area contributed by atoms with E-state index in [-0.39, 0.29) is 10.8 Å². The van der Waals surface area contributed by atoms with Crippen LogP contribution < -0.4 is 4.90 Å². The van der Waals surface area contributed by atoms with Gasteiger partial charge in [-0.1, -0.05) is 71.9 Å². The lowest BCUT2D eigenvalue weighted by Crippen LogP contribution is -2.40. The average molecular weight is 307 g/mol. The van der Waals surface area contributed by atoms with Gasteiger partial charge >= 0.3 is 0 Å². The number of nitrogens with zero attached hydrogens (tertiary/aromatic N) is 1. The first-order valence-corrected chi connectivity index (χ1v) is 8.66. The molecule has 0 N–H and O–H groups in total. The van der Waals surface area contributed by atoms with Gasteiger partial charge in [-0.05, 0) is 34.7 Å². The Labute approximate surface area is 141 Å². The van der Waals surface area contributed by atoms with E-state index >= 15 is 0 Å². The van der Waals surface area contributed by atoms with Crippen LogP contribution in [0.5, 0.6) is 0 Å². The van der Waals surface area contributed by atoms with Crippen molar-refractivity contribution in [3.05, 3.63) is 59.2 Å². The molecular formula is C22H29N. The molecule has 2 aromatic rings. The number of fused-ring (bicyclic) bond motifs is 2. The van der Waals surface area contributed by atoms with Crippen LogP contribution in [0.2, 0.25) is 0 Å². The van der Waals surface area contributed by atoms with Crippen molar-refractivity contribution in [1.29, 1.82) is 0 Å². The molecule has 0 saturated heterocycles. The van der Waals surface area contributed by atoms with Gasteiger partial charge in [0, 0.05) is 29.3 Å². The second-order valence-corrected chi connectivity index (χ2v) is 8.22. The third kappa shape index (κ3) is 2.13. The zero-order chi connectivity index (χ0) is 17.0. The van der Waals surface area contributed by atoms with E-state index in [4.69, 9.17) is 0 Å². The van der Waals surface area contributed by atoms with Crippen LogP contribution in [0.4, 0.5) is 11.4 Å². The maximum Gasteiger partial charge on any atom is 0.0449 e. The topological polar surface area (TPSA) is 3.24 Å². The minimum Gasteiger partial charge on any atom is -0.344 e. The molecule has 0 amide bonds. The van der Waals surface area contributed by atoms with Crippen LogP contribution in [0, 0.1) is 0 Å². The van der Waals surface area contributed by atoms with E-state index in [0.717, 1.165) is 0 Å². The number of rotatable bonds is 1. The van der Waals surface area contributed by atoms with Crippen molar-refractivity contribution in [1.82, 2.24) is 0 Å². The zero-order valence-electron chi connectivity index (χ0n) is 15.6. The molecule has 0 unspecified atom stereocenters. The zero-order valence-corrected chi connectivity index (χ0v) is 15.6. The highest BCUT2D eigenvalue weighted by Crippen LogP contribution is 2.54. The quantitative estimate of drug-likeness (QED) is 0.611. The lowest BCUT2D eigenvalue weighted by atomic mass is 9.60. The summed E-state index contributed by atoms with van der Waals surface area (Å²) in [6.07, 6.45) is 0. The molecule has 0 atom stereocenters. The molecule has 3 rings (SSSR count). The minimum atomic E-state index is 0.0457. The van der Waals surface area contributed by atoms with Gasteiger partial charge in [0.1, 0.15) is 0 Å². The van der Waals surface area contributed by atoms with Gasteiger partial charge in [-0.2, -0.15) is 0 Å². The van der Waals surface area contributed by atoms with Crippen LogP contribution in [0.1, 0.15) is 64.2 Å². The molecule has 1 heterocycles. The Balaban J connectivity index is 2.44. The Kier molecular flexibility index (Phi) is 3.59. The Morgan fingerprint density at radius 1 is 0.783 bits per heavy atom. The number of benzene rings is 2. The first-order chi connectivity index (χ1) is 10.7. The van der Waals surface area contributed by atoms with Crippen LogP contribution in [0.15, 0.2) is 42.5 Å². The molecule has 0 aliphatic carbocycles. The van der Waals surface area contributed by atoms with Gasteiger partial charge in [-0.3, -0.25) is 0 Å². The van der Waals surface area contributed by atoms with Gasteiger partial charge in [-0.25, -0.2) is 0 Å². The highest BCUT2D eigenvalue weighted by Gasteiger charge is 2.46. The summed E-state index contributed by atoms with van der Waals surface area (Å²) in [6, 6.07) is 15.7. The molecule has 1 aliphatic rings. The van der Waals surface area contributed by atoms with Crippen molar-refractivity contribution < 1.29 is 0 Å². The molecule has 0 aromatic heterocycles. The third-order valence-corrected chi connectivity index (χ3v) is 6.18. The fourth-order valence-corrected chi connectivity index (χ4v) is 4.07. The molecule has 1 nitrogen and oxygen atoms in total. The molecule has 0 spiro atoms. The molecule has 0 saturated carbocycles. The van der Waals surface area contributed by atoms with Crippen molar-refractivity contribution in [2.24, 2.45) is 0 Å². The van der Waals surface area contributed by atoms with E-state index in [1.165, 1.54) is 28.1 Å². The summed E-state index contributed by atoms with van der Waals surface area (Å²) >= 11 is 0. The summed E-state index contributed by atoms with van der Waals surface area (Å²) in [5, 5.41) is 0. The summed E-state index contributed by atoms with van der Waals surface area (Å²) < 4.78 is 0. The first-order valence-electron chi connectivity index (χ1n) is 8.66. The van der Waals surface area contributed by atoms with E-state index in [0.29, 0.717) is 5.92 Å². The van der Waals surface area contributed by atoms with Gasteiger partial charge < -0.3 is 4.90 Å². The van der Waals surface area contributed by atoms with Crippen molar-refractivity contribution in [3.8, 4) is 0 Å². The van der Waals surface area contributed by atoms with Crippen LogP contribution in [-0.4, -0.2) is 7.05 Å². The molecule has 1 heteroatoms. The summed E-state index contributed by atoms with van der Waals surface area (Å²) in [5.41, 5.74) is 7.17. The molecule has 0 radical (unpaired) electrons. The summed E-state index contributed by atoms with van der Waals surface area (Å²) in [6.45, 7) is 14.2. The second-order valence-electron chi connectivity index (χ2n) is 8.22. The maximum atomic E-state index is 2.41. The van der Waals surface area contributed by atoms with Crippen LogP contribution in [0.25, 0.3) is 0 Å².